The second kappa shape index (κ2) is 5.51. The molecule has 19 heavy (non-hydrogen) atoms. The van der Waals surface area contributed by atoms with Crippen molar-refractivity contribution in [1.29, 1.82) is 0 Å². The topological polar surface area (TPSA) is 30.5 Å². The van der Waals surface area contributed by atoms with Crippen molar-refractivity contribution in [2.24, 2.45) is 0 Å². The van der Waals surface area contributed by atoms with E-state index in [2.05, 4.69) is 14.8 Å². The van der Waals surface area contributed by atoms with Gasteiger partial charge in [-0.15, -0.1) is 26.3 Å². The lowest BCUT2D eigenvalue weighted by Gasteiger charge is -2.18. The van der Waals surface area contributed by atoms with Gasteiger partial charge in [-0.2, -0.15) is 0 Å². The molecular formula is C9H6F6INO2. The Bertz CT molecular complexity index is 422. The molecule has 0 spiro atoms. The van der Waals surface area contributed by atoms with E-state index < -0.39 is 29.9 Å². The first kappa shape index (κ1) is 16.0. The molecule has 0 saturated carbocycles. The third-order valence-electron chi connectivity index (χ3n) is 1.73. The monoisotopic (exact) mass is 401 g/mol. The van der Waals surface area contributed by atoms with Crippen LogP contribution in [0.15, 0.2) is 12.1 Å². The first-order valence-corrected chi connectivity index (χ1v) is 5.62. The van der Waals surface area contributed by atoms with E-state index in [-0.39, 0.29) is 3.57 Å². The van der Waals surface area contributed by atoms with E-state index in [0.717, 1.165) is 19.2 Å². The fraction of sp³-hybridized carbons (Fsp3) is 0.333. The summed E-state index contributed by atoms with van der Waals surface area (Å²) in [7, 11) is 1.15. The number of hydrogen-bond acceptors (Lipinski definition) is 3. The van der Waals surface area contributed by atoms with Crippen LogP contribution in [0.3, 0.4) is 0 Å². The van der Waals surface area contributed by atoms with Gasteiger partial charge in [-0.3, -0.25) is 0 Å². The van der Waals surface area contributed by atoms with Gasteiger partial charge in [0.25, 0.3) is 0 Å². The van der Waals surface area contributed by atoms with Crippen LogP contribution in [0.1, 0.15) is 0 Å². The predicted octanol–water partition coefficient (Wildman–Crippen LogP) is 4.13. The maximum Gasteiger partial charge on any atom is 0.573 e. The number of alkyl halides is 6. The molecule has 0 aliphatic heterocycles. The van der Waals surface area contributed by atoms with Gasteiger partial charge in [0.15, 0.2) is 11.5 Å². The molecule has 0 aliphatic carbocycles. The van der Waals surface area contributed by atoms with Gasteiger partial charge in [0, 0.05) is 10.6 Å². The minimum Gasteiger partial charge on any atom is -0.403 e. The largest absolute Gasteiger partial charge is 0.573 e. The molecule has 0 fully saturated rings. The Labute approximate surface area is 117 Å². The van der Waals surface area contributed by atoms with Gasteiger partial charge in [-0.1, -0.05) is 0 Å². The van der Waals surface area contributed by atoms with Crippen LogP contribution in [-0.2, 0) is 0 Å². The quantitative estimate of drug-likeness (QED) is 0.611. The van der Waals surface area contributed by atoms with Gasteiger partial charge >= 0.3 is 12.7 Å². The highest BCUT2D eigenvalue weighted by atomic mass is 127. The number of halogens is 7. The molecule has 0 aliphatic rings. The Kier molecular flexibility index (Phi) is 4.63. The summed E-state index contributed by atoms with van der Waals surface area (Å²) in [5, 5.41) is 2.18. The minimum atomic E-state index is -5.02. The van der Waals surface area contributed by atoms with Gasteiger partial charge in [0.1, 0.15) is 5.69 Å². The highest BCUT2D eigenvalue weighted by molar-refractivity contribution is 14.1. The summed E-state index contributed by atoms with van der Waals surface area (Å²) in [6.07, 6.45) is -10.0. The third-order valence-corrected chi connectivity index (χ3v) is 2.35. The van der Waals surface area contributed by atoms with Gasteiger partial charge in [-0.05, 0) is 34.7 Å². The molecule has 10 heteroatoms. The summed E-state index contributed by atoms with van der Waals surface area (Å²) in [6, 6.07) is 1.87. The first-order valence-electron chi connectivity index (χ1n) is 4.54. The third kappa shape index (κ3) is 5.20. The molecule has 1 aromatic carbocycles. The van der Waals surface area contributed by atoms with E-state index in [1.54, 1.807) is 22.6 Å². The SMILES string of the molecule is CNc1c(OC(F)(F)F)cc(I)cc1OC(F)(F)F. The number of benzene rings is 1. The maximum atomic E-state index is 12.1. The molecule has 1 N–H and O–H groups in total. The zero-order valence-corrected chi connectivity index (χ0v) is 11.3. The van der Waals surface area contributed by atoms with Crippen LogP contribution < -0.4 is 14.8 Å². The van der Waals surface area contributed by atoms with Gasteiger partial charge in [0.05, 0.1) is 0 Å². The molecule has 0 heterocycles. The highest BCUT2D eigenvalue weighted by Gasteiger charge is 2.36. The van der Waals surface area contributed by atoms with E-state index in [4.69, 9.17) is 0 Å². The zero-order valence-electron chi connectivity index (χ0n) is 9.12. The molecule has 3 nitrogen and oxygen atoms in total. The Balaban J connectivity index is 3.24. The normalized spacial score (nSPS) is 12.2. The average molecular weight is 401 g/mol. The van der Waals surface area contributed by atoms with Crippen LogP contribution in [0, 0.1) is 3.57 Å². The van der Waals surface area contributed by atoms with Crippen LogP contribution in [0.2, 0.25) is 0 Å². The minimum absolute atomic E-state index is 0.0927. The van der Waals surface area contributed by atoms with E-state index >= 15 is 0 Å². The van der Waals surface area contributed by atoms with Crippen LogP contribution >= 0.6 is 22.6 Å². The molecule has 0 unspecified atom stereocenters. The number of nitrogens with one attached hydrogen (secondary N) is 1. The van der Waals surface area contributed by atoms with Crippen molar-refractivity contribution in [3.8, 4) is 11.5 Å². The van der Waals surface area contributed by atoms with Crippen molar-refractivity contribution in [1.82, 2.24) is 0 Å². The van der Waals surface area contributed by atoms with Crippen molar-refractivity contribution >= 4 is 28.3 Å². The molecule has 108 valence electrons. The van der Waals surface area contributed by atoms with Crippen molar-refractivity contribution in [2.75, 3.05) is 12.4 Å². The lowest BCUT2D eigenvalue weighted by Crippen LogP contribution is -2.20. The molecule has 1 aromatic rings. The lowest BCUT2D eigenvalue weighted by atomic mass is 10.2. The Morgan fingerprint density at radius 3 is 1.58 bits per heavy atom. The van der Waals surface area contributed by atoms with Gasteiger partial charge in [-0.25, -0.2) is 0 Å². The Hall–Kier alpha value is -1.07. The molecule has 0 aromatic heterocycles. The van der Waals surface area contributed by atoms with Gasteiger partial charge in [0.2, 0.25) is 0 Å². The van der Waals surface area contributed by atoms with Crippen molar-refractivity contribution in [3.05, 3.63) is 15.7 Å². The Morgan fingerprint density at radius 1 is 0.947 bits per heavy atom. The summed E-state index contributed by atoms with van der Waals surface area (Å²) < 4.78 is 80.2. The van der Waals surface area contributed by atoms with E-state index in [1.807, 2.05) is 0 Å². The molecule has 0 saturated heterocycles. The molecule has 0 bridgehead atoms. The van der Waals surface area contributed by atoms with E-state index in [9.17, 15) is 26.3 Å². The number of rotatable bonds is 3. The Morgan fingerprint density at radius 2 is 1.32 bits per heavy atom. The maximum absolute atomic E-state index is 12.1. The fourth-order valence-electron chi connectivity index (χ4n) is 1.21. The molecule has 0 atom stereocenters. The number of hydrogen-bond donors (Lipinski definition) is 1. The lowest BCUT2D eigenvalue weighted by molar-refractivity contribution is -0.276. The second-order valence-electron chi connectivity index (χ2n) is 3.12. The molecule has 0 radical (unpaired) electrons. The van der Waals surface area contributed by atoms with Crippen molar-refractivity contribution in [2.45, 2.75) is 12.7 Å². The van der Waals surface area contributed by atoms with Crippen LogP contribution in [0.25, 0.3) is 0 Å². The summed E-state index contributed by atoms with van der Waals surface area (Å²) in [5.41, 5.74) is -0.546. The van der Waals surface area contributed by atoms with Crippen molar-refractivity contribution < 1.29 is 35.8 Å². The van der Waals surface area contributed by atoms with Crippen LogP contribution in [-0.4, -0.2) is 19.8 Å². The standard InChI is InChI=1S/C9H6F6INO2/c1-17-7-5(18-8(10,11)12)2-4(16)3-6(7)19-9(13,14)15/h2-3,17H,1H3. The predicted molar refractivity (Wildman–Crippen MR) is 62.1 cm³/mol. The van der Waals surface area contributed by atoms with Crippen LogP contribution in [0.4, 0.5) is 32.0 Å². The first-order chi connectivity index (χ1) is 8.52. The fourth-order valence-corrected chi connectivity index (χ4v) is 1.78. The molecule has 0 amide bonds. The summed E-state index contributed by atoms with van der Waals surface area (Å²) in [5.74, 6) is -1.61. The van der Waals surface area contributed by atoms with Crippen molar-refractivity contribution in [3.63, 3.8) is 0 Å². The van der Waals surface area contributed by atoms with Gasteiger partial charge < -0.3 is 14.8 Å². The number of ether oxygens (including phenoxy) is 2. The van der Waals surface area contributed by atoms with Crippen LogP contribution in [0.5, 0.6) is 11.5 Å². The molecule has 1 rings (SSSR count). The van der Waals surface area contributed by atoms with E-state index in [0.29, 0.717) is 0 Å². The number of anilines is 1. The zero-order chi connectivity index (χ0) is 14.8. The summed E-state index contributed by atoms with van der Waals surface area (Å²) >= 11 is 1.54. The molecular weight excluding hydrogens is 395 g/mol. The smallest absolute Gasteiger partial charge is 0.403 e. The summed E-state index contributed by atoms with van der Waals surface area (Å²) in [4.78, 5) is 0. The van der Waals surface area contributed by atoms with E-state index in [1.165, 1.54) is 0 Å². The highest BCUT2D eigenvalue weighted by Crippen LogP contribution is 2.41. The average Bonchev–Trinajstić information content (AvgIpc) is 2.11. The summed E-state index contributed by atoms with van der Waals surface area (Å²) in [6.45, 7) is 0. The second-order valence-corrected chi connectivity index (χ2v) is 4.37.